The molecular weight excluding hydrogens is 342 g/mol. The first-order valence-corrected chi connectivity index (χ1v) is 7.42. The molecular formula is C16H12BrN5. The summed E-state index contributed by atoms with van der Waals surface area (Å²) in [6, 6.07) is 17.7. The molecule has 0 radical (unpaired) electrons. The normalized spacial score (nSPS) is 10.2. The van der Waals surface area contributed by atoms with Crippen molar-refractivity contribution in [2.45, 2.75) is 6.54 Å². The highest BCUT2D eigenvalue weighted by Crippen LogP contribution is 2.20. The minimum atomic E-state index is 0.617. The van der Waals surface area contributed by atoms with E-state index >= 15 is 0 Å². The summed E-state index contributed by atoms with van der Waals surface area (Å²) in [5.74, 6) is 0. The van der Waals surface area contributed by atoms with Crippen LogP contribution in [0.1, 0.15) is 11.1 Å². The zero-order valence-corrected chi connectivity index (χ0v) is 13.2. The Labute approximate surface area is 136 Å². The molecule has 6 heteroatoms. The Morgan fingerprint density at radius 1 is 1.09 bits per heavy atom. The van der Waals surface area contributed by atoms with Gasteiger partial charge in [0, 0.05) is 4.47 Å². The summed E-state index contributed by atoms with van der Waals surface area (Å²) in [6.45, 7) is 0.639. The van der Waals surface area contributed by atoms with Crippen molar-refractivity contribution in [1.29, 1.82) is 5.26 Å². The number of anilines is 1. The number of nitriles is 1. The molecule has 3 rings (SSSR count). The fourth-order valence-electron chi connectivity index (χ4n) is 2.12. The van der Waals surface area contributed by atoms with Gasteiger partial charge in [0.25, 0.3) is 0 Å². The van der Waals surface area contributed by atoms with E-state index in [4.69, 9.17) is 5.26 Å². The largest absolute Gasteiger partial charge is 0.274 e. The third-order valence-corrected chi connectivity index (χ3v) is 3.73. The summed E-state index contributed by atoms with van der Waals surface area (Å²) >= 11 is 3.44. The molecule has 0 amide bonds. The van der Waals surface area contributed by atoms with E-state index in [1.807, 2.05) is 35.3 Å². The topological polar surface area (TPSA) is 57.7 Å². The van der Waals surface area contributed by atoms with Crippen LogP contribution in [0.15, 0.2) is 65.7 Å². The molecule has 0 bridgehead atoms. The maximum atomic E-state index is 9.09. The summed E-state index contributed by atoms with van der Waals surface area (Å²) in [7, 11) is 0. The minimum absolute atomic E-state index is 0.617. The molecule has 1 aromatic heterocycles. The Morgan fingerprint density at radius 2 is 1.82 bits per heavy atom. The molecule has 0 aliphatic carbocycles. The quantitative estimate of drug-likeness (QED) is 0.721. The van der Waals surface area contributed by atoms with Crippen molar-refractivity contribution in [3.05, 3.63) is 76.8 Å². The molecule has 22 heavy (non-hydrogen) atoms. The summed E-state index contributed by atoms with van der Waals surface area (Å²) in [4.78, 5) is 0. The lowest BCUT2D eigenvalue weighted by atomic mass is 10.2. The van der Waals surface area contributed by atoms with Crippen molar-refractivity contribution in [3.63, 3.8) is 0 Å². The molecule has 0 unspecified atom stereocenters. The maximum absolute atomic E-state index is 9.09. The molecule has 0 spiro atoms. The van der Waals surface area contributed by atoms with E-state index in [1.54, 1.807) is 23.4 Å². The lowest BCUT2D eigenvalue weighted by Gasteiger charge is -2.25. The highest BCUT2D eigenvalue weighted by atomic mass is 79.9. The smallest absolute Gasteiger partial charge is 0.139 e. The van der Waals surface area contributed by atoms with Crippen LogP contribution in [-0.4, -0.2) is 14.9 Å². The first-order chi connectivity index (χ1) is 10.8. The van der Waals surface area contributed by atoms with E-state index in [0.29, 0.717) is 12.1 Å². The van der Waals surface area contributed by atoms with Crippen molar-refractivity contribution < 1.29 is 0 Å². The molecule has 0 N–H and O–H groups in total. The molecule has 2 aromatic carbocycles. The van der Waals surface area contributed by atoms with E-state index in [0.717, 1.165) is 15.7 Å². The standard InChI is InChI=1S/C16H12BrN5/c17-15-6-4-13(5-7-15)10-22(21-11-19-20-12-21)16-3-1-2-14(8-16)9-18/h1-8,11-12H,10H2. The number of hydrogen-bond donors (Lipinski definition) is 0. The predicted molar refractivity (Wildman–Crippen MR) is 86.9 cm³/mol. The van der Waals surface area contributed by atoms with Crippen molar-refractivity contribution in [2.24, 2.45) is 0 Å². The van der Waals surface area contributed by atoms with E-state index in [2.05, 4.69) is 44.3 Å². The fourth-order valence-corrected chi connectivity index (χ4v) is 2.39. The van der Waals surface area contributed by atoms with Gasteiger partial charge in [-0.05, 0) is 35.9 Å². The number of nitrogens with zero attached hydrogens (tertiary/aromatic N) is 5. The summed E-state index contributed by atoms with van der Waals surface area (Å²) < 4.78 is 2.84. The van der Waals surface area contributed by atoms with Crippen LogP contribution in [-0.2, 0) is 6.54 Å². The van der Waals surface area contributed by atoms with Gasteiger partial charge in [-0.25, -0.2) is 4.68 Å². The Morgan fingerprint density at radius 3 is 2.50 bits per heavy atom. The van der Waals surface area contributed by atoms with Gasteiger partial charge < -0.3 is 0 Å². The predicted octanol–water partition coefficient (Wildman–Crippen LogP) is 3.38. The Balaban J connectivity index is 1.97. The zero-order valence-electron chi connectivity index (χ0n) is 11.6. The number of halogens is 1. The maximum Gasteiger partial charge on any atom is 0.139 e. The van der Waals surface area contributed by atoms with Gasteiger partial charge in [-0.3, -0.25) is 5.01 Å². The molecule has 0 atom stereocenters. The summed E-state index contributed by atoms with van der Waals surface area (Å²) in [5.41, 5.74) is 2.66. The first kappa shape index (κ1) is 14.3. The number of benzene rings is 2. The lowest BCUT2D eigenvalue weighted by molar-refractivity contribution is 0.685. The fraction of sp³-hybridized carbons (Fsp3) is 0.0625. The molecule has 3 aromatic rings. The molecule has 0 fully saturated rings. The van der Waals surface area contributed by atoms with E-state index in [-0.39, 0.29) is 0 Å². The van der Waals surface area contributed by atoms with Gasteiger partial charge in [0.1, 0.15) is 12.7 Å². The van der Waals surface area contributed by atoms with Crippen LogP contribution in [0.3, 0.4) is 0 Å². The molecule has 0 saturated heterocycles. The monoisotopic (exact) mass is 353 g/mol. The SMILES string of the molecule is N#Cc1cccc(N(Cc2ccc(Br)cc2)n2cnnc2)c1. The van der Waals surface area contributed by atoms with Gasteiger partial charge in [0.2, 0.25) is 0 Å². The minimum Gasteiger partial charge on any atom is -0.274 e. The van der Waals surface area contributed by atoms with Crippen molar-refractivity contribution in [3.8, 4) is 6.07 Å². The first-order valence-electron chi connectivity index (χ1n) is 6.63. The molecule has 1 heterocycles. The average Bonchev–Trinajstić information content (AvgIpc) is 3.08. The molecule has 108 valence electrons. The Kier molecular flexibility index (Phi) is 4.17. The van der Waals surface area contributed by atoms with Crippen LogP contribution in [0.25, 0.3) is 0 Å². The van der Waals surface area contributed by atoms with E-state index in [9.17, 15) is 0 Å². The highest BCUT2D eigenvalue weighted by Gasteiger charge is 2.10. The third kappa shape index (κ3) is 3.15. The Hall–Kier alpha value is -2.65. The molecule has 0 aliphatic heterocycles. The van der Waals surface area contributed by atoms with Crippen LogP contribution >= 0.6 is 15.9 Å². The number of rotatable bonds is 4. The summed E-state index contributed by atoms with van der Waals surface area (Å²) in [5, 5.41) is 18.8. The summed E-state index contributed by atoms with van der Waals surface area (Å²) in [6.07, 6.45) is 3.27. The van der Waals surface area contributed by atoms with Gasteiger partial charge in [0.05, 0.1) is 23.9 Å². The van der Waals surface area contributed by atoms with Crippen LogP contribution in [0.2, 0.25) is 0 Å². The van der Waals surface area contributed by atoms with Gasteiger partial charge >= 0.3 is 0 Å². The van der Waals surface area contributed by atoms with Gasteiger partial charge in [-0.1, -0.05) is 34.1 Å². The van der Waals surface area contributed by atoms with Crippen LogP contribution in [0.4, 0.5) is 5.69 Å². The van der Waals surface area contributed by atoms with Crippen molar-refractivity contribution >= 4 is 21.6 Å². The second-order valence-corrected chi connectivity index (χ2v) is 5.60. The molecule has 0 saturated carbocycles. The van der Waals surface area contributed by atoms with Gasteiger partial charge in [-0.2, -0.15) is 5.26 Å². The zero-order chi connectivity index (χ0) is 15.4. The van der Waals surface area contributed by atoms with Crippen molar-refractivity contribution in [1.82, 2.24) is 14.9 Å². The third-order valence-electron chi connectivity index (χ3n) is 3.20. The van der Waals surface area contributed by atoms with Crippen LogP contribution in [0.5, 0.6) is 0 Å². The number of hydrogen-bond acceptors (Lipinski definition) is 4. The Bertz CT molecular complexity index is 790. The van der Waals surface area contributed by atoms with Gasteiger partial charge in [0.15, 0.2) is 0 Å². The number of aromatic nitrogens is 3. The van der Waals surface area contributed by atoms with Crippen LogP contribution < -0.4 is 5.01 Å². The molecule has 0 aliphatic rings. The highest BCUT2D eigenvalue weighted by molar-refractivity contribution is 9.10. The van der Waals surface area contributed by atoms with Crippen molar-refractivity contribution in [2.75, 3.05) is 5.01 Å². The second-order valence-electron chi connectivity index (χ2n) is 4.69. The molecule has 5 nitrogen and oxygen atoms in total. The average molecular weight is 354 g/mol. The lowest BCUT2D eigenvalue weighted by Crippen LogP contribution is -2.27. The second kappa shape index (κ2) is 6.41. The van der Waals surface area contributed by atoms with E-state index < -0.39 is 0 Å². The van der Waals surface area contributed by atoms with E-state index in [1.165, 1.54) is 0 Å². The van der Waals surface area contributed by atoms with Crippen LogP contribution in [0, 0.1) is 11.3 Å². The van der Waals surface area contributed by atoms with Gasteiger partial charge in [-0.15, -0.1) is 10.2 Å².